The second kappa shape index (κ2) is 8.73. The molecule has 180 valence electrons. The second-order valence-electron chi connectivity index (χ2n) is 9.43. The summed E-state index contributed by atoms with van der Waals surface area (Å²) < 4.78 is 65.6. The van der Waals surface area contributed by atoms with Crippen molar-refractivity contribution in [2.24, 2.45) is 5.92 Å². The van der Waals surface area contributed by atoms with Crippen molar-refractivity contribution in [1.29, 1.82) is 0 Å². The summed E-state index contributed by atoms with van der Waals surface area (Å²) in [4.78, 5) is 14.5. The molecule has 1 amide bonds. The van der Waals surface area contributed by atoms with Gasteiger partial charge in [-0.1, -0.05) is 34.1 Å². The van der Waals surface area contributed by atoms with Crippen molar-refractivity contribution in [3.05, 3.63) is 64.1 Å². The third-order valence-electron chi connectivity index (χ3n) is 6.80. The topological polar surface area (TPSA) is 54.5 Å². The highest BCUT2D eigenvalue weighted by Gasteiger charge is 2.48. The second-order valence-corrected chi connectivity index (χ2v) is 12.9. The van der Waals surface area contributed by atoms with Gasteiger partial charge in [-0.05, 0) is 75.9 Å². The number of halogens is 4. The highest BCUT2D eigenvalue weighted by Crippen LogP contribution is 2.42. The lowest BCUT2D eigenvalue weighted by Gasteiger charge is -2.46. The molecule has 1 saturated heterocycles. The van der Waals surface area contributed by atoms with Crippen LogP contribution in [-0.4, -0.2) is 30.5 Å². The molecule has 2 aromatic rings. The molecule has 1 unspecified atom stereocenters. The Morgan fingerprint density at radius 3 is 2.12 bits per heavy atom. The van der Waals surface area contributed by atoms with Gasteiger partial charge in [-0.25, -0.2) is 8.42 Å². The maximum Gasteiger partial charge on any atom is 0.416 e. The van der Waals surface area contributed by atoms with Crippen molar-refractivity contribution in [2.75, 3.05) is 6.54 Å². The Balaban J connectivity index is 1.85. The van der Waals surface area contributed by atoms with E-state index in [1.54, 1.807) is 4.90 Å². The van der Waals surface area contributed by atoms with Crippen molar-refractivity contribution in [3.63, 3.8) is 0 Å². The van der Waals surface area contributed by atoms with Gasteiger partial charge in [-0.2, -0.15) is 13.2 Å². The smallest absolute Gasteiger partial charge is 0.334 e. The number of nitrogens with zero attached hydrogens (tertiary/aromatic N) is 1. The molecular formula is C24H27BrF3NO3S. The van der Waals surface area contributed by atoms with E-state index in [4.69, 9.17) is 0 Å². The zero-order valence-corrected chi connectivity index (χ0v) is 21.3. The lowest BCUT2D eigenvalue weighted by atomic mass is 9.82. The number of carbonyl (C=O) groups is 1. The van der Waals surface area contributed by atoms with Crippen LogP contribution < -0.4 is 0 Å². The highest BCUT2D eigenvalue weighted by molar-refractivity contribution is 9.10. The van der Waals surface area contributed by atoms with Gasteiger partial charge < -0.3 is 4.90 Å². The summed E-state index contributed by atoms with van der Waals surface area (Å²) in [6.07, 6.45) is -4.21. The first-order valence-electron chi connectivity index (χ1n) is 10.6. The number of likely N-dealkylation sites (tertiary alicyclic amines) is 1. The van der Waals surface area contributed by atoms with Crippen LogP contribution >= 0.6 is 15.9 Å². The molecule has 33 heavy (non-hydrogen) atoms. The summed E-state index contributed by atoms with van der Waals surface area (Å²) in [6, 6.07) is 11.5. The van der Waals surface area contributed by atoms with Crippen molar-refractivity contribution in [3.8, 4) is 0 Å². The Kier molecular flexibility index (Phi) is 6.81. The summed E-state index contributed by atoms with van der Waals surface area (Å²) in [5.41, 5.74) is -0.651. The normalized spacial score (nSPS) is 18.5. The summed E-state index contributed by atoms with van der Waals surface area (Å²) in [7, 11) is -4.13. The first-order valence-corrected chi connectivity index (χ1v) is 12.8. The number of carbonyl (C=O) groups excluding carboxylic acids is 1. The predicted octanol–water partition coefficient (Wildman–Crippen LogP) is 6.19. The van der Waals surface area contributed by atoms with Crippen LogP contribution in [0, 0.1) is 5.92 Å². The minimum absolute atomic E-state index is 0.00511. The number of sulfone groups is 1. The third-order valence-corrected chi connectivity index (χ3v) is 9.92. The number of amides is 1. The monoisotopic (exact) mass is 545 g/mol. The van der Waals surface area contributed by atoms with Crippen LogP contribution in [0.2, 0.25) is 0 Å². The van der Waals surface area contributed by atoms with E-state index in [0.29, 0.717) is 19.0 Å². The van der Waals surface area contributed by atoms with Crippen LogP contribution in [0.4, 0.5) is 13.2 Å². The van der Waals surface area contributed by atoms with E-state index in [1.807, 2.05) is 38.1 Å². The van der Waals surface area contributed by atoms with Crippen LogP contribution in [0.15, 0.2) is 57.9 Å². The molecule has 9 heteroatoms. The van der Waals surface area contributed by atoms with Gasteiger partial charge in [0.15, 0.2) is 9.84 Å². The van der Waals surface area contributed by atoms with E-state index >= 15 is 0 Å². The number of alkyl halides is 3. The predicted molar refractivity (Wildman–Crippen MR) is 124 cm³/mol. The van der Waals surface area contributed by atoms with Gasteiger partial charge in [0.05, 0.1) is 20.7 Å². The molecule has 1 fully saturated rings. The quantitative estimate of drug-likeness (QED) is 0.449. The number of rotatable bonds is 5. The molecule has 4 nitrogen and oxygen atoms in total. The zero-order valence-electron chi connectivity index (χ0n) is 18.9. The summed E-state index contributed by atoms with van der Waals surface area (Å²) in [5.74, 6) is -0.701. The maximum atomic E-state index is 13.4. The standard InChI is InChI=1S/C24H27BrF3NO3S/c1-22(2,16-8-10-19(25)11-9-16)29-13-12-17(15-21(29)30)23(3,4)33(31,32)20-7-5-6-18(14-20)24(26,27)28/h5-11,14,17H,12-13,15H2,1-4H3. The first kappa shape index (κ1) is 25.7. The number of hydrogen-bond acceptors (Lipinski definition) is 3. The van der Waals surface area contributed by atoms with Gasteiger partial charge in [0, 0.05) is 17.4 Å². The Hall–Kier alpha value is -1.87. The Bertz CT molecular complexity index is 1140. The van der Waals surface area contributed by atoms with Gasteiger partial charge in [0.2, 0.25) is 5.91 Å². The van der Waals surface area contributed by atoms with Gasteiger partial charge in [0.25, 0.3) is 0 Å². The van der Waals surface area contributed by atoms with Crippen molar-refractivity contribution in [2.45, 2.75) is 61.9 Å². The fraction of sp³-hybridized carbons (Fsp3) is 0.458. The van der Waals surface area contributed by atoms with Crippen LogP contribution in [0.3, 0.4) is 0 Å². The maximum absolute atomic E-state index is 13.4. The minimum Gasteiger partial charge on any atom is -0.334 e. The fourth-order valence-electron chi connectivity index (χ4n) is 4.39. The molecule has 0 radical (unpaired) electrons. The SMILES string of the molecule is CC(C)(c1ccc(Br)cc1)N1CCC(C(C)(C)S(=O)(=O)c2cccc(C(F)(F)F)c2)CC1=O. The fourth-order valence-corrected chi connectivity index (χ4v) is 6.45. The highest BCUT2D eigenvalue weighted by atomic mass is 79.9. The molecule has 2 aromatic carbocycles. The zero-order chi connectivity index (χ0) is 24.8. The summed E-state index contributed by atoms with van der Waals surface area (Å²) in [5, 5.41) is 0. The van der Waals surface area contributed by atoms with E-state index in [2.05, 4.69) is 15.9 Å². The van der Waals surface area contributed by atoms with Crippen molar-refractivity contribution >= 4 is 31.7 Å². The average molecular weight is 546 g/mol. The molecule has 0 spiro atoms. The number of hydrogen-bond donors (Lipinski definition) is 0. The summed E-state index contributed by atoms with van der Waals surface area (Å²) >= 11 is 3.40. The Morgan fingerprint density at radius 1 is 0.970 bits per heavy atom. The Labute approximate surface area is 201 Å². The van der Waals surface area contributed by atoms with Gasteiger partial charge in [-0.3, -0.25) is 4.79 Å². The molecule has 1 aliphatic rings. The van der Waals surface area contributed by atoms with Crippen molar-refractivity contribution < 1.29 is 26.4 Å². The largest absolute Gasteiger partial charge is 0.416 e. The first-order chi connectivity index (χ1) is 15.1. The molecule has 0 N–H and O–H groups in total. The van der Waals surface area contributed by atoms with Crippen LogP contribution in [0.5, 0.6) is 0 Å². The minimum atomic E-state index is -4.64. The molecule has 0 saturated carbocycles. The van der Waals surface area contributed by atoms with E-state index in [0.717, 1.165) is 22.2 Å². The molecule has 0 aromatic heterocycles. The lowest BCUT2D eigenvalue weighted by molar-refractivity contribution is -0.142. The van der Waals surface area contributed by atoms with E-state index in [1.165, 1.54) is 19.9 Å². The third kappa shape index (κ3) is 4.85. The van der Waals surface area contributed by atoms with Gasteiger partial charge in [0.1, 0.15) is 0 Å². The van der Waals surface area contributed by atoms with E-state index in [-0.39, 0.29) is 17.2 Å². The van der Waals surface area contributed by atoms with Gasteiger partial charge >= 0.3 is 6.18 Å². The molecule has 3 rings (SSSR count). The Morgan fingerprint density at radius 2 is 1.58 bits per heavy atom. The lowest BCUT2D eigenvalue weighted by Crippen LogP contribution is -2.53. The number of benzene rings is 2. The van der Waals surface area contributed by atoms with E-state index in [9.17, 15) is 26.4 Å². The molecule has 0 aliphatic carbocycles. The molecule has 0 bridgehead atoms. The van der Waals surface area contributed by atoms with E-state index < -0.39 is 37.8 Å². The van der Waals surface area contributed by atoms with Crippen LogP contribution in [0.25, 0.3) is 0 Å². The molecule has 1 aliphatic heterocycles. The number of piperidine rings is 1. The van der Waals surface area contributed by atoms with Gasteiger partial charge in [-0.15, -0.1) is 0 Å². The average Bonchev–Trinajstić information content (AvgIpc) is 2.73. The van der Waals surface area contributed by atoms with Crippen molar-refractivity contribution in [1.82, 2.24) is 4.90 Å². The summed E-state index contributed by atoms with van der Waals surface area (Å²) in [6.45, 7) is 7.23. The van der Waals surface area contributed by atoms with Crippen LogP contribution in [-0.2, 0) is 26.3 Å². The molecule has 1 atom stereocenters. The molecule has 1 heterocycles. The van der Waals surface area contributed by atoms with Crippen LogP contribution in [0.1, 0.15) is 51.7 Å². The molecular weight excluding hydrogens is 519 g/mol.